The fourth-order valence-electron chi connectivity index (χ4n) is 4.12. The van der Waals surface area contributed by atoms with Crippen molar-refractivity contribution in [2.24, 2.45) is 0 Å². The van der Waals surface area contributed by atoms with E-state index in [0.29, 0.717) is 31.2 Å². The molecule has 0 radical (unpaired) electrons. The highest BCUT2D eigenvalue weighted by Crippen LogP contribution is 2.24. The number of hydrogen-bond acceptors (Lipinski definition) is 5. The third kappa shape index (κ3) is 4.88. The number of furan rings is 1. The molecule has 0 aliphatic carbocycles. The summed E-state index contributed by atoms with van der Waals surface area (Å²) in [5.41, 5.74) is 4.51. The Bertz CT molecular complexity index is 1060. The first-order valence-electron chi connectivity index (χ1n) is 11.3. The van der Waals surface area contributed by atoms with Gasteiger partial charge in [0.25, 0.3) is 5.91 Å². The number of carbonyl (C=O) groups excluding carboxylic acids is 1. The number of aryl methyl sites for hydroxylation is 4. The molecule has 1 saturated heterocycles. The van der Waals surface area contributed by atoms with Crippen LogP contribution in [0.5, 0.6) is 5.75 Å². The van der Waals surface area contributed by atoms with E-state index in [2.05, 4.69) is 30.0 Å². The van der Waals surface area contributed by atoms with Gasteiger partial charge in [-0.1, -0.05) is 18.2 Å². The van der Waals surface area contributed by atoms with Crippen LogP contribution in [0.3, 0.4) is 0 Å². The minimum atomic E-state index is -0.0574. The lowest BCUT2D eigenvalue weighted by Gasteiger charge is -2.34. The van der Waals surface area contributed by atoms with E-state index in [4.69, 9.17) is 9.15 Å². The van der Waals surface area contributed by atoms with Gasteiger partial charge < -0.3 is 14.1 Å². The quantitative estimate of drug-likeness (QED) is 0.561. The average Bonchev–Trinajstić information content (AvgIpc) is 3.40. The highest BCUT2D eigenvalue weighted by atomic mass is 16.5. The first kappa shape index (κ1) is 22.1. The molecule has 3 aromatic rings. The molecule has 7 nitrogen and oxygen atoms in total. The Labute approximate surface area is 189 Å². The molecule has 2 aromatic heterocycles. The fraction of sp³-hybridized carbons (Fsp3) is 0.440. The van der Waals surface area contributed by atoms with Gasteiger partial charge in [0.1, 0.15) is 18.1 Å². The number of piperazine rings is 1. The molecule has 1 fully saturated rings. The SMILES string of the molecule is CCn1cc(CN2CCN(C(=O)c3ccc(COc4c(C)cccc4C)o3)CC2)c(C)n1. The van der Waals surface area contributed by atoms with Crippen molar-refractivity contribution in [2.45, 2.75) is 47.4 Å². The van der Waals surface area contributed by atoms with Crippen molar-refractivity contribution in [1.29, 1.82) is 0 Å². The van der Waals surface area contributed by atoms with E-state index < -0.39 is 0 Å². The maximum absolute atomic E-state index is 12.9. The van der Waals surface area contributed by atoms with Gasteiger partial charge in [-0.25, -0.2) is 0 Å². The maximum Gasteiger partial charge on any atom is 0.289 e. The van der Waals surface area contributed by atoms with Crippen molar-refractivity contribution in [1.82, 2.24) is 19.6 Å². The van der Waals surface area contributed by atoms with Crippen molar-refractivity contribution >= 4 is 5.91 Å². The standard InChI is InChI=1S/C25H32N4O3/c1-5-29-16-21(20(4)26-29)15-27-11-13-28(14-12-27)25(30)23-10-9-22(32-23)17-31-24-18(2)7-6-8-19(24)3/h6-10,16H,5,11-15,17H2,1-4H3. The summed E-state index contributed by atoms with van der Waals surface area (Å²) in [6, 6.07) is 9.64. The number of ether oxygens (including phenoxy) is 1. The third-order valence-corrected chi connectivity index (χ3v) is 6.07. The summed E-state index contributed by atoms with van der Waals surface area (Å²) >= 11 is 0. The second-order valence-electron chi connectivity index (χ2n) is 8.44. The van der Waals surface area contributed by atoms with Gasteiger partial charge in [0.05, 0.1) is 5.69 Å². The smallest absolute Gasteiger partial charge is 0.289 e. The molecule has 4 rings (SSSR count). The van der Waals surface area contributed by atoms with Crippen molar-refractivity contribution in [2.75, 3.05) is 26.2 Å². The highest BCUT2D eigenvalue weighted by molar-refractivity contribution is 5.91. The first-order valence-corrected chi connectivity index (χ1v) is 11.3. The van der Waals surface area contributed by atoms with Crippen LogP contribution < -0.4 is 4.74 Å². The number of amides is 1. The topological polar surface area (TPSA) is 63.7 Å². The average molecular weight is 437 g/mol. The Morgan fingerprint density at radius 1 is 1.06 bits per heavy atom. The second kappa shape index (κ2) is 9.61. The van der Waals surface area contributed by atoms with Gasteiger partial charge in [-0.3, -0.25) is 14.4 Å². The van der Waals surface area contributed by atoms with E-state index in [9.17, 15) is 4.79 Å². The van der Waals surface area contributed by atoms with Crippen LogP contribution >= 0.6 is 0 Å². The Hall–Kier alpha value is -3.06. The minimum Gasteiger partial charge on any atom is -0.485 e. The zero-order chi connectivity index (χ0) is 22.7. The molecule has 0 spiro atoms. The van der Waals surface area contributed by atoms with E-state index in [1.807, 2.05) is 47.7 Å². The second-order valence-corrected chi connectivity index (χ2v) is 8.44. The summed E-state index contributed by atoms with van der Waals surface area (Å²) in [5.74, 6) is 1.84. The lowest BCUT2D eigenvalue weighted by molar-refractivity contribution is 0.0594. The summed E-state index contributed by atoms with van der Waals surface area (Å²) in [6.45, 7) is 13.3. The van der Waals surface area contributed by atoms with Crippen LogP contribution in [0, 0.1) is 20.8 Å². The number of aromatic nitrogens is 2. The van der Waals surface area contributed by atoms with Crippen LogP contribution in [0.2, 0.25) is 0 Å². The largest absolute Gasteiger partial charge is 0.485 e. The van der Waals surface area contributed by atoms with Crippen LogP contribution in [0.25, 0.3) is 0 Å². The molecule has 0 atom stereocenters. The summed E-state index contributed by atoms with van der Waals surface area (Å²) in [6.07, 6.45) is 2.12. The van der Waals surface area contributed by atoms with Crippen LogP contribution in [0.15, 0.2) is 40.9 Å². The lowest BCUT2D eigenvalue weighted by Crippen LogP contribution is -2.48. The Balaban J connectivity index is 1.30. The van der Waals surface area contributed by atoms with Gasteiger partial charge in [-0.15, -0.1) is 0 Å². The Morgan fingerprint density at radius 3 is 2.44 bits per heavy atom. The fourth-order valence-corrected chi connectivity index (χ4v) is 4.12. The number of hydrogen-bond donors (Lipinski definition) is 0. The molecule has 1 aliphatic rings. The molecule has 3 heterocycles. The van der Waals surface area contributed by atoms with Crippen molar-refractivity contribution in [3.05, 3.63) is 70.4 Å². The zero-order valence-corrected chi connectivity index (χ0v) is 19.4. The number of para-hydroxylation sites is 1. The molecule has 1 aliphatic heterocycles. The monoisotopic (exact) mass is 436 g/mol. The number of rotatable bonds is 7. The summed E-state index contributed by atoms with van der Waals surface area (Å²) in [7, 11) is 0. The number of carbonyl (C=O) groups is 1. The van der Waals surface area contributed by atoms with Gasteiger partial charge >= 0.3 is 0 Å². The van der Waals surface area contributed by atoms with Gasteiger partial charge in [0.15, 0.2) is 5.76 Å². The minimum absolute atomic E-state index is 0.0574. The maximum atomic E-state index is 12.9. The van der Waals surface area contributed by atoms with Gasteiger partial charge in [-0.05, 0) is 51.0 Å². The van der Waals surface area contributed by atoms with E-state index in [1.54, 1.807) is 6.07 Å². The Kier molecular flexibility index (Phi) is 6.65. The van der Waals surface area contributed by atoms with Gasteiger partial charge in [0, 0.05) is 51.0 Å². The summed E-state index contributed by atoms with van der Waals surface area (Å²) in [5, 5.41) is 4.53. The molecule has 0 bridgehead atoms. The summed E-state index contributed by atoms with van der Waals surface area (Å²) < 4.78 is 13.7. The molecule has 32 heavy (non-hydrogen) atoms. The van der Waals surface area contributed by atoms with Crippen LogP contribution in [0.1, 0.15) is 45.6 Å². The molecule has 1 aromatic carbocycles. The third-order valence-electron chi connectivity index (χ3n) is 6.07. The van der Waals surface area contributed by atoms with E-state index in [1.165, 1.54) is 5.56 Å². The molecular formula is C25H32N4O3. The van der Waals surface area contributed by atoms with Crippen molar-refractivity contribution in [3.63, 3.8) is 0 Å². The van der Waals surface area contributed by atoms with Gasteiger partial charge in [0.2, 0.25) is 0 Å². The van der Waals surface area contributed by atoms with E-state index in [-0.39, 0.29) is 5.91 Å². The predicted octanol–water partition coefficient (Wildman–Crippen LogP) is 3.96. The molecular weight excluding hydrogens is 404 g/mol. The van der Waals surface area contributed by atoms with E-state index >= 15 is 0 Å². The van der Waals surface area contributed by atoms with Crippen molar-refractivity contribution in [3.8, 4) is 5.75 Å². The number of nitrogens with zero attached hydrogens (tertiary/aromatic N) is 4. The highest BCUT2D eigenvalue weighted by Gasteiger charge is 2.25. The molecule has 0 saturated carbocycles. The number of benzene rings is 1. The Morgan fingerprint density at radius 2 is 1.78 bits per heavy atom. The van der Waals surface area contributed by atoms with Gasteiger partial charge in [-0.2, -0.15) is 5.10 Å². The van der Waals surface area contributed by atoms with Crippen LogP contribution in [-0.2, 0) is 19.7 Å². The normalized spacial score (nSPS) is 14.7. The lowest BCUT2D eigenvalue weighted by atomic mass is 10.1. The van der Waals surface area contributed by atoms with Crippen LogP contribution in [-0.4, -0.2) is 51.7 Å². The molecule has 170 valence electrons. The van der Waals surface area contributed by atoms with Crippen molar-refractivity contribution < 1.29 is 13.9 Å². The zero-order valence-electron chi connectivity index (χ0n) is 19.4. The molecule has 1 amide bonds. The van der Waals surface area contributed by atoms with E-state index in [0.717, 1.165) is 48.7 Å². The molecule has 0 N–H and O–H groups in total. The molecule has 7 heteroatoms. The summed E-state index contributed by atoms with van der Waals surface area (Å²) in [4.78, 5) is 17.2. The predicted molar refractivity (Wildman–Crippen MR) is 123 cm³/mol. The first-order chi connectivity index (χ1) is 15.4. The van der Waals surface area contributed by atoms with Crippen LogP contribution in [0.4, 0.5) is 0 Å². The molecule has 0 unspecified atom stereocenters.